The number of halogens is 3. The van der Waals surface area contributed by atoms with Gasteiger partial charge in [-0.1, -0.05) is 22.0 Å². The molecule has 3 saturated carbocycles. The van der Waals surface area contributed by atoms with Crippen LogP contribution in [0.25, 0.3) is 0 Å². The van der Waals surface area contributed by atoms with Crippen LogP contribution in [0.15, 0.2) is 22.7 Å². The monoisotopic (exact) mass is 528 g/mol. The third-order valence-electron chi connectivity index (χ3n) is 8.76. The van der Waals surface area contributed by atoms with Gasteiger partial charge in [0.2, 0.25) is 5.91 Å². The van der Waals surface area contributed by atoms with Crippen LogP contribution in [0.5, 0.6) is 0 Å². The number of aliphatic carboxylic acids is 1. The van der Waals surface area contributed by atoms with E-state index < -0.39 is 17.8 Å². The van der Waals surface area contributed by atoms with E-state index in [0.29, 0.717) is 16.0 Å². The van der Waals surface area contributed by atoms with Crippen LogP contribution in [-0.2, 0) is 16.1 Å². The van der Waals surface area contributed by atoms with E-state index in [0.717, 1.165) is 38.3 Å². The predicted octanol–water partition coefficient (Wildman–Crippen LogP) is 4.38. The van der Waals surface area contributed by atoms with E-state index in [4.69, 9.17) is 0 Å². The number of hydrogen-bond acceptors (Lipinski definition) is 3. The van der Waals surface area contributed by atoms with E-state index in [2.05, 4.69) is 26.6 Å². The van der Waals surface area contributed by atoms with Gasteiger partial charge in [0, 0.05) is 16.6 Å². The maximum absolute atomic E-state index is 14.2. The molecule has 176 valence electrons. The lowest BCUT2D eigenvalue weighted by Crippen LogP contribution is -2.41. The molecule has 1 saturated heterocycles. The van der Waals surface area contributed by atoms with Crippen LogP contribution in [0.1, 0.15) is 44.1 Å². The lowest BCUT2D eigenvalue weighted by atomic mass is 9.78. The van der Waals surface area contributed by atoms with Gasteiger partial charge in [0.1, 0.15) is 5.82 Å². The van der Waals surface area contributed by atoms with Crippen LogP contribution in [0, 0.1) is 46.7 Å². The molecule has 1 aliphatic heterocycles. The Morgan fingerprint density at radius 2 is 1.84 bits per heavy atom. The predicted molar refractivity (Wildman–Crippen MR) is 125 cm³/mol. The highest BCUT2D eigenvalue weighted by atomic mass is 79.9. The fraction of sp³-hybridized carbons (Fsp3) is 0.667. The number of carbonyl (C=O) groups excluding carboxylic acids is 1. The third-order valence-corrected chi connectivity index (χ3v) is 9.25. The maximum Gasteiger partial charge on any atom is 0.307 e. The zero-order valence-corrected chi connectivity index (χ0v) is 20.4. The summed E-state index contributed by atoms with van der Waals surface area (Å²) in [5, 5.41) is 16.3. The van der Waals surface area contributed by atoms with Crippen molar-refractivity contribution in [1.29, 1.82) is 0 Å². The average molecular weight is 530 g/mol. The summed E-state index contributed by atoms with van der Waals surface area (Å²) in [4.78, 5) is 25.4. The Labute approximate surface area is 202 Å². The standard InChI is InChI=1S/C24H30BrFN2O3.ClH/c25-16-2-1-14(19(26)10-16)12-28-22(29)20-17-3-4-18(21(20)23(30)31)24(17)11-15(24)9-13-5-7-27-8-6-13;/h1-2,10,13,15,17-18,20-21,27H,3-9,11-12H2,(H,28,29)(H,30,31);1H/t15?,17-,18+,20+,21+,24?;/m0./s1. The number of nitrogens with one attached hydrogen (secondary N) is 2. The molecule has 1 aromatic rings. The van der Waals surface area contributed by atoms with Gasteiger partial charge in [-0.3, -0.25) is 9.59 Å². The Kier molecular flexibility index (Phi) is 6.91. The van der Waals surface area contributed by atoms with Crippen molar-refractivity contribution in [1.82, 2.24) is 10.6 Å². The lowest BCUT2D eigenvalue weighted by molar-refractivity contribution is -0.149. The summed E-state index contributed by atoms with van der Waals surface area (Å²) in [6, 6.07) is 4.77. The highest BCUT2D eigenvalue weighted by molar-refractivity contribution is 9.10. The van der Waals surface area contributed by atoms with Crippen LogP contribution >= 0.6 is 28.3 Å². The van der Waals surface area contributed by atoms with Crippen LogP contribution in [0.4, 0.5) is 4.39 Å². The van der Waals surface area contributed by atoms with Crippen molar-refractivity contribution in [2.24, 2.45) is 40.9 Å². The van der Waals surface area contributed by atoms with E-state index >= 15 is 0 Å². The second-order valence-electron chi connectivity index (χ2n) is 10.1. The molecule has 2 bridgehead atoms. The molecule has 5 nitrogen and oxygen atoms in total. The smallest absolute Gasteiger partial charge is 0.307 e. The highest BCUT2D eigenvalue weighted by Gasteiger charge is 2.75. The molecular weight excluding hydrogens is 499 g/mol. The molecule has 5 rings (SSSR count). The second kappa shape index (κ2) is 9.22. The molecule has 8 heteroatoms. The molecule has 0 aromatic heterocycles. The molecule has 3 N–H and O–H groups in total. The molecule has 4 aliphatic rings. The van der Waals surface area contributed by atoms with E-state index in [1.54, 1.807) is 12.1 Å². The number of carboxylic acid groups (broad SMARTS) is 1. The van der Waals surface area contributed by atoms with Crippen LogP contribution in [0.3, 0.4) is 0 Å². The van der Waals surface area contributed by atoms with Gasteiger partial charge in [-0.25, -0.2) is 4.39 Å². The molecule has 1 spiro atoms. The minimum absolute atomic E-state index is 0. The zero-order chi connectivity index (χ0) is 21.8. The van der Waals surface area contributed by atoms with Crippen molar-refractivity contribution in [3.8, 4) is 0 Å². The first-order valence-corrected chi connectivity index (χ1v) is 12.4. The SMILES string of the molecule is Cl.O=C(O)[C@H]1[C@H](C(=O)NCc2ccc(Br)cc2F)[C@@H]2CC[C@H]1C21CC1CC1CCNCC1. The van der Waals surface area contributed by atoms with Crippen molar-refractivity contribution >= 4 is 40.2 Å². The van der Waals surface area contributed by atoms with E-state index in [1.807, 2.05) is 0 Å². The minimum Gasteiger partial charge on any atom is -0.481 e. The number of amides is 1. The maximum atomic E-state index is 14.2. The summed E-state index contributed by atoms with van der Waals surface area (Å²) in [5.41, 5.74) is 0.468. The number of hydrogen-bond donors (Lipinski definition) is 3. The van der Waals surface area contributed by atoms with Crippen LogP contribution < -0.4 is 10.6 Å². The van der Waals surface area contributed by atoms with Crippen molar-refractivity contribution in [3.05, 3.63) is 34.1 Å². The Morgan fingerprint density at radius 3 is 2.50 bits per heavy atom. The molecule has 32 heavy (non-hydrogen) atoms. The van der Waals surface area contributed by atoms with Gasteiger partial charge in [-0.15, -0.1) is 12.4 Å². The summed E-state index contributed by atoms with van der Waals surface area (Å²) in [7, 11) is 0. The summed E-state index contributed by atoms with van der Waals surface area (Å²) in [6.07, 6.45) is 6.54. The highest BCUT2D eigenvalue weighted by Crippen LogP contribution is 2.78. The average Bonchev–Trinajstić information content (AvgIpc) is 3.25. The van der Waals surface area contributed by atoms with Gasteiger partial charge >= 0.3 is 5.97 Å². The number of carboxylic acids is 1. The number of benzene rings is 1. The quantitative estimate of drug-likeness (QED) is 0.511. The van der Waals surface area contributed by atoms with E-state index in [9.17, 15) is 19.1 Å². The first-order valence-electron chi connectivity index (χ1n) is 11.6. The van der Waals surface area contributed by atoms with Crippen molar-refractivity contribution in [2.45, 2.75) is 45.1 Å². The van der Waals surface area contributed by atoms with E-state index in [-0.39, 0.29) is 47.9 Å². The normalized spacial score (nSPS) is 35.5. The van der Waals surface area contributed by atoms with Crippen molar-refractivity contribution in [2.75, 3.05) is 13.1 Å². The largest absolute Gasteiger partial charge is 0.481 e. The molecule has 0 radical (unpaired) electrons. The molecule has 4 fully saturated rings. The zero-order valence-electron chi connectivity index (χ0n) is 18.0. The molecule has 1 aromatic carbocycles. The van der Waals surface area contributed by atoms with Gasteiger partial charge in [0.15, 0.2) is 0 Å². The second-order valence-corrected chi connectivity index (χ2v) is 11.0. The Morgan fingerprint density at radius 1 is 1.16 bits per heavy atom. The topological polar surface area (TPSA) is 78.4 Å². The van der Waals surface area contributed by atoms with Crippen molar-refractivity contribution in [3.63, 3.8) is 0 Å². The first kappa shape index (κ1) is 24.0. The van der Waals surface area contributed by atoms with Crippen LogP contribution in [-0.4, -0.2) is 30.1 Å². The number of piperidine rings is 1. The molecule has 6 atom stereocenters. The van der Waals surface area contributed by atoms with Gasteiger partial charge < -0.3 is 15.7 Å². The Hall–Kier alpha value is -1.18. The molecule has 1 amide bonds. The fourth-order valence-electron chi connectivity index (χ4n) is 7.44. The van der Waals surface area contributed by atoms with Crippen molar-refractivity contribution < 1.29 is 19.1 Å². The summed E-state index contributed by atoms with van der Waals surface area (Å²) >= 11 is 3.24. The van der Waals surface area contributed by atoms with Gasteiger partial charge in [-0.2, -0.15) is 0 Å². The first-order chi connectivity index (χ1) is 14.9. The van der Waals surface area contributed by atoms with E-state index in [1.165, 1.54) is 25.3 Å². The Balaban J connectivity index is 0.00000245. The lowest BCUT2D eigenvalue weighted by Gasteiger charge is -2.27. The molecule has 3 aliphatic carbocycles. The Bertz CT molecular complexity index is 896. The summed E-state index contributed by atoms with van der Waals surface area (Å²) in [5.74, 6) is -0.972. The fourth-order valence-corrected chi connectivity index (χ4v) is 7.77. The minimum atomic E-state index is -0.839. The van der Waals surface area contributed by atoms with Crippen LogP contribution in [0.2, 0.25) is 0 Å². The summed E-state index contributed by atoms with van der Waals surface area (Å²) < 4.78 is 14.8. The molecular formula is C24H31BrClFN2O3. The number of rotatable bonds is 6. The van der Waals surface area contributed by atoms with Gasteiger partial charge in [-0.05, 0) is 92.8 Å². The van der Waals surface area contributed by atoms with Gasteiger partial charge in [0.05, 0.1) is 11.8 Å². The van der Waals surface area contributed by atoms with Gasteiger partial charge in [0.25, 0.3) is 0 Å². The molecule has 1 heterocycles. The molecule has 2 unspecified atom stereocenters. The summed E-state index contributed by atoms with van der Waals surface area (Å²) in [6.45, 7) is 2.24. The number of carbonyl (C=O) groups is 2. The third kappa shape index (κ3) is 3.98.